The summed E-state index contributed by atoms with van der Waals surface area (Å²) >= 11 is 0. The Labute approximate surface area is 103 Å². The highest BCUT2D eigenvalue weighted by molar-refractivity contribution is 5.94. The van der Waals surface area contributed by atoms with Crippen LogP contribution in [-0.4, -0.2) is 29.8 Å². The number of benzene rings is 1. The number of rotatable bonds is 4. The van der Waals surface area contributed by atoms with Crippen molar-refractivity contribution in [3.05, 3.63) is 29.8 Å². The number of halogens is 2. The summed E-state index contributed by atoms with van der Waals surface area (Å²) in [5, 5.41) is 11.8. The summed E-state index contributed by atoms with van der Waals surface area (Å²) in [6.07, 6.45) is 0.696. The number of nitrogens with one attached hydrogen (secondary N) is 1. The highest BCUT2D eigenvalue weighted by Crippen LogP contribution is 2.21. The Balaban J connectivity index is 1.97. The third-order valence-electron chi connectivity index (χ3n) is 2.77. The van der Waals surface area contributed by atoms with Crippen molar-refractivity contribution >= 4 is 5.91 Å². The minimum Gasteiger partial charge on any atom is -0.435 e. The number of hydrogen-bond donors (Lipinski definition) is 2. The first kappa shape index (κ1) is 12.8. The SMILES string of the molecule is O=C(NC1CC(O)C1)c1cccc(OC(F)F)c1. The van der Waals surface area contributed by atoms with Crippen molar-refractivity contribution in [1.82, 2.24) is 5.32 Å². The third kappa shape index (κ3) is 3.16. The van der Waals surface area contributed by atoms with E-state index in [0.29, 0.717) is 12.8 Å². The van der Waals surface area contributed by atoms with Crippen LogP contribution in [0.1, 0.15) is 23.2 Å². The Morgan fingerprint density at radius 3 is 2.78 bits per heavy atom. The van der Waals surface area contributed by atoms with Crippen molar-refractivity contribution in [1.29, 1.82) is 0 Å². The van der Waals surface area contributed by atoms with E-state index in [9.17, 15) is 13.6 Å². The maximum Gasteiger partial charge on any atom is 0.387 e. The molecule has 2 rings (SSSR count). The van der Waals surface area contributed by atoms with Crippen LogP contribution in [0, 0.1) is 0 Å². The normalized spacial score (nSPS) is 22.4. The molecule has 1 aliphatic carbocycles. The number of aliphatic hydroxyl groups is 1. The fourth-order valence-electron chi connectivity index (χ4n) is 1.79. The summed E-state index contributed by atoms with van der Waals surface area (Å²) in [7, 11) is 0. The first-order valence-electron chi connectivity index (χ1n) is 5.58. The molecule has 4 nitrogen and oxygen atoms in total. The first-order valence-corrected chi connectivity index (χ1v) is 5.58. The summed E-state index contributed by atoms with van der Waals surface area (Å²) in [5.74, 6) is -0.405. The smallest absolute Gasteiger partial charge is 0.387 e. The van der Waals surface area contributed by atoms with E-state index < -0.39 is 6.61 Å². The van der Waals surface area contributed by atoms with E-state index >= 15 is 0 Å². The van der Waals surface area contributed by atoms with Crippen molar-refractivity contribution in [2.75, 3.05) is 0 Å². The molecule has 0 spiro atoms. The van der Waals surface area contributed by atoms with Crippen LogP contribution in [0.3, 0.4) is 0 Å². The van der Waals surface area contributed by atoms with Crippen LogP contribution in [0.25, 0.3) is 0 Å². The van der Waals surface area contributed by atoms with Gasteiger partial charge < -0.3 is 15.2 Å². The highest BCUT2D eigenvalue weighted by Gasteiger charge is 2.28. The van der Waals surface area contributed by atoms with Gasteiger partial charge in [0.1, 0.15) is 5.75 Å². The van der Waals surface area contributed by atoms with Gasteiger partial charge in [0.15, 0.2) is 0 Å². The van der Waals surface area contributed by atoms with Gasteiger partial charge in [-0.25, -0.2) is 0 Å². The van der Waals surface area contributed by atoms with E-state index in [2.05, 4.69) is 10.1 Å². The summed E-state index contributed by atoms with van der Waals surface area (Å²) in [4.78, 5) is 11.8. The number of amides is 1. The lowest BCUT2D eigenvalue weighted by Gasteiger charge is -2.31. The molecule has 6 heteroatoms. The maximum absolute atomic E-state index is 12.0. The third-order valence-corrected chi connectivity index (χ3v) is 2.77. The standard InChI is InChI=1S/C12H13F2NO3/c13-12(14)18-10-3-1-2-7(4-10)11(17)15-8-5-9(16)6-8/h1-4,8-9,12,16H,5-6H2,(H,15,17). The second kappa shape index (κ2) is 5.30. The number of carbonyl (C=O) groups is 1. The summed E-state index contributed by atoms with van der Waals surface area (Å²) < 4.78 is 28.3. The second-order valence-electron chi connectivity index (χ2n) is 4.20. The van der Waals surface area contributed by atoms with Crippen LogP contribution >= 0.6 is 0 Å². The molecule has 0 heterocycles. The molecule has 0 saturated heterocycles. The molecular weight excluding hydrogens is 244 g/mol. The van der Waals surface area contributed by atoms with Gasteiger partial charge in [-0.05, 0) is 31.0 Å². The molecule has 0 aromatic heterocycles. The first-order chi connectivity index (χ1) is 8.54. The molecule has 18 heavy (non-hydrogen) atoms. The molecular formula is C12H13F2NO3. The number of alkyl halides is 2. The lowest BCUT2D eigenvalue weighted by molar-refractivity contribution is -0.0499. The van der Waals surface area contributed by atoms with Gasteiger partial charge in [-0.3, -0.25) is 4.79 Å². The summed E-state index contributed by atoms with van der Waals surface area (Å²) in [6.45, 7) is -2.91. The molecule has 0 radical (unpaired) electrons. The molecule has 2 N–H and O–H groups in total. The fourth-order valence-corrected chi connectivity index (χ4v) is 1.79. The molecule has 1 saturated carbocycles. The zero-order valence-electron chi connectivity index (χ0n) is 9.48. The van der Waals surface area contributed by atoms with Gasteiger partial charge in [0.05, 0.1) is 6.10 Å². The Morgan fingerprint density at radius 2 is 2.17 bits per heavy atom. The monoisotopic (exact) mass is 257 g/mol. The van der Waals surface area contributed by atoms with Gasteiger partial charge in [0, 0.05) is 11.6 Å². The van der Waals surface area contributed by atoms with Gasteiger partial charge in [-0.1, -0.05) is 6.07 Å². The largest absolute Gasteiger partial charge is 0.435 e. The Kier molecular flexibility index (Phi) is 3.76. The molecule has 1 aliphatic rings. The zero-order chi connectivity index (χ0) is 13.1. The van der Waals surface area contributed by atoms with Crippen molar-refractivity contribution in [2.24, 2.45) is 0 Å². The van der Waals surface area contributed by atoms with Gasteiger partial charge in [0.25, 0.3) is 5.91 Å². The minimum absolute atomic E-state index is 0.0489. The van der Waals surface area contributed by atoms with Crippen molar-refractivity contribution in [3.63, 3.8) is 0 Å². The van der Waals surface area contributed by atoms with Crippen LogP contribution in [0.5, 0.6) is 5.75 Å². The van der Waals surface area contributed by atoms with Crippen molar-refractivity contribution in [3.8, 4) is 5.75 Å². The van der Waals surface area contributed by atoms with Crippen LogP contribution in [0.4, 0.5) is 8.78 Å². The predicted octanol–water partition coefficient (Wildman–Crippen LogP) is 1.54. The molecule has 1 aromatic rings. The summed E-state index contributed by atoms with van der Waals surface area (Å²) in [5.41, 5.74) is 0.259. The van der Waals surface area contributed by atoms with Crippen LogP contribution < -0.4 is 10.1 Å². The molecule has 0 unspecified atom stereocenters. The second-order valence-corrected chi connectivity index (χ2v) is 4.20. The van der Waals surface area contributed by atoms with E-state index in [1.54, 1.807) is 0 Å². The predicted molar refractivity (Wildman–Crippen MR) is 59.6 cm³/mol. The van der Waals surface area contributed by atoms with Crippen LogP contribution in [0.15, 0.2) is 24.3 Å². The zero-order valence-corrected chi connectivity index (χ0v) is 9.48. The van der Waals surface area contributed by atoms with E-state index in [4.69, 9.17) is 5.11 Å². The van der Waals surface area contributed by atoms with Gasteiger partial charge in [0.2, 0.25) is 0 Å². The van der Waals surface area contributed by atoms with Crippen molar-refractivity contribution < 1.29 is 23.4 Å². The average Bonchev–Trinajstić information content (AvgIpc) is 2.26. The van der Waals surface area contributed by atoms with Gasteiger partial charge >= 0.3 is 6.61 Å². The Morgan fingerprint density at radius 1 is 1.44 bits per heavy atom. The van der Waals surface area contributed by atoms with Crippen LogP contribution in [-0.2, 0) is 0 Å². The quantitative estimate of drug-likeness (QED) is 0.860. The molecule has 0 aliphatic heterocycles. The molecule has 0 atom stereocenters. The lowest BCUT2D eigenvalue weighted by atomic mass is 9.89. The molecule has 1 amide bonds. The van der Waals surface area contributed by atoms with E-state index in [0.717, 1.165) is 0 Å². The average molecular weight is 257 g/mol. The fraction of sp³-hybridized carbons (Fsp3) is 0.417. The number of carbonyl (C=O) groups excluding carboxylic acids is 1. The molecule has 0 bridgehead atoms. The number of aliphatic hydroxyl groups excluding tert-OH is 1. The number of hydrogen-bond acceptors (Lipinski definition) is 3. The van der Waals surface area contributed by atoms with E-state index in [-0.39, 0.29) is 29.4 Å². The molecule has 1 fully saturated rings. The number of ether oxygens (including phenoxy) is 1. The van der Waals surface area contributed by atoms with E-state index in [1.807, 2.05) is 0 Å². The maximum atomic E-state index is 12.0. The molecule has 1 aromatic carbocycles. The van der Waals surface area contributed by atoms with Gasteiger partial charge in [-0.15, -0.1) is 0 Å². The minimum atomic E-state index is -2.91. The molecule has 98 valence electrons. The van der Waals surface area contributed by atoms with Crippen LogP contribution in [0.2, 0.25) is 0 Å². The van der Waals surface area contributed by atoms with Crippen molar-refractivity contribution in [2.45, 2.75) is 31.6 Å². The van der Waals surface area contributed by atoms with E-state index in [1.165, 1.54) is 24.3 Å². The lowest BCUT2D eigenvalue weighted by Crippen LogP contribution is -2.46. The van der Waals surface area contributed by atoms with Gasteiger partial charge in [-0.2, -0.15) is 8.78 Å². The Hall–Kier alpha value is -1.69. The topological polar surface area (TPSA) is 58.6 Å². The Bertz CT molecular complexity index is 433. The summed E-state index contributed by atoms with van der Waals surface area (Å²) in [6, 6.07) is 5.56. The highest BCUT2D eigenvalue weighted by atomic mass is 19.3.